The van der Waals surface area contributed by atoms with Gasteiger partial charge in [-0.2, -0.15) is 0 Å². The molecular weight excluding hydrogens is 262 g/mol. The molecule has 5 nitrogen and oxygen atoms in total. The number of piperidine rings is 1. The molecule has 0 spiro atoms. The number of thioether (sulfide) groups is 1. The second-order valence-corrected chi connectivity index (χ2v) is 6.50. The minimum Gasteiger partial charge on any atom is -0.343 e. The highest BCUT2D eigenvalue weighted by Gasteiger charge is 2.35. The average Bonchev–Trinajstić information content (AvgIpc) is 2.59. The Labute approximate surface area is 118 Å². The van der Waals surface area contributed by atoms with Crippen molar-refractivity contribution in [2.45, 2.75) is 50.1 Å². The van der Waals surface area contributed by atoms with Crippen LogP contribution in [0, 0.1) is 0 Å². The maximum absolute atomic E-state index is 12.5. The Bertz CT molecular complexity index is 351. The summed E-state index contributed by atoms with van der Waals surface area (Å²) in [5, 5.41) is 6.11. The monoisotopic (exact) mass is 285 g/mol. The normalized spacial score (nSPS) is 29.4. The maximum Gasteiger partial charge on any atom is 0.246 e. The van der Waals surface area contributed by atoms with Crippen LogP contribution in [0.15, 0.2) is 0 Å². The standard InChI is InChI=1S/C13H23N3O2S/c1-9(14-2)12(17)15-10-6-8-19-11-5-3-4-7-16(11)13(10)18/h9-11,14H,3-8H2,1-2H3,(H,15,17)/t9-,10-,11-/m0/s1. The Balaban J connectivity index is 2.00. The second kappa shape index (κ2) is 6.61. The van der Waals surface area contributed by atoms with Gasteiger partial charge >= 0.3 is 0 Å². The predicted molar refractivity (Wildman–Crippen MR) is 76.9 cm³/mol. The van der Waals surface area contributed by atoms with Crippen LogP contribution in [-0.2, 0) is 9.59 Å². The molecule has 0 aliphatic carbocycles. The van der Waals surface area contributed by atoms with Gasteiger partial charge in [-0.3, -0.25) is 9.59 Å². The fourth-order valence-corrected chi connectivity index (χ4v) is 3.90. The van der Waals surface area contributed by atoms with Gasteiger partial charge < -0.3 is 15.5 Å². The number of carbonyl (C=O) groups is 2. The number of hydrogen-bond acceptors (Lipinski definition) is 4. The zero-order valence-electron chi connectivity index (χ0n) is 11.6. The van der Waals surface area contributed by atoms with E-state index in [0.29, 0.717) is 5.37 Å². The first-order valence-corrected chi connectivity index (χ1v) is 8.08. The lowest BCUT2D eigenvalue weighted by atomic mass is 10.1. The molecule has 0 saturated carbocycles. The Morgan fingerprint density at radius 2 is 2.21 bits per heavy atom. The summed E-state index contributed by atoms with van der Waals surface area (Å²) in [5.74, 6) is 0.943. The Hall–Kier alpha value is -0.750. The van der Waals surface area contributed by atoms with Gasteiger partial charge in [0.1, 0.15) is 6.04 Å². The molecule has 0 aromatic carbocycles. The van der Waals surface area contributed by atoms with E-state index in [9.17, 15) is 9.59 Å². The molecule has 19 heavy (non-hydrogen) atoms. The molecule has 2 aliphatic heterocycles. The van der Waals surface area contributed by atoms with Crippen LogP contribution in [0.4, 0.5) is 0 Å². The van der Waals surface area contributed by atoms with Crippen LogP contribution >= 0.6 is 11.8 Å². The largest absolute Gasteiger partial charge is 0.343 e. The van der Waals surface area contributed by atoms with Crippen molar-refractivity contribution in [3.05, 3.63) is 0 Å². The van der Waals surface area contributed by atoms with Crippen LogP contribution < -0.4 is 10.6 Å². The summed E-state index contributed by atoms with van der Waals surface area (Å²) in [6, 6.07) is -0.611. The SMILES string of the molecule is CN[C@@H](C)C(=O)N[C@H]1CCS[C@H]2CCCCN2C1=O. The van der Waals surface area contributed by atoms with Gasteiger partial charge in [-0.05, 0) is 45.4 Å². The van der Waals surface area contributed by atoms with Crippen LogP contribution in [0.3, 0.4) is 0 Å². The molecule has 0 unspecified atom stereocenters. The van der Waals surface area contributed by atoms with Gasteiger partial charge in [0.25, 0.3) is 0 Å². The highest BCUT2D eigenvalue weighted by molar-refractivity contribution is 7.99. The number of carbonyl (C=O) groups excluding carboxylic acids is 2. The molecule has 0 aromatic rings. The fourth-order valence-electron chi connectivity index (χ4n) is 2.53. The topological polar surface area (TPSA) is 61.4 Å². The minimum atomic E-state index is -0.348. The lowest BCUT2D eigenvalue weighted by Gasteiger charge is -2.35. The van der Waals surface area contributed by atoms with Gasteiger partial charge in [-0.15, -0.1) is 11.8 Å². The Morgan fingerprint density at radius 3 is 2.95 bits per heavy atom. The molecule has 2 N–H and O–H groups in total. The summed E-state index contributed by atoms with van der Waals surface area (Å²) in [6.45, 7) is 2.64. The third-order valence-electron chi connectivity index (χ3n) is 3.89. The van der Waals surface area contributed by atoms with E-state index in [2.05, 4.69) is 10.6 Å². The van der Waals surface area contributed by atoms with E-state index >= 15 is 0 Å². The van der Waals surface area contributed by atoms with Gasteiger partial charge in [0.05, 0.1) is 11.4 Å². The fraction of sp³-hybridized carbons (Fsp3) is 0.846. The molecule has 2 rings (SSSR count). The number of fused-ring (bicyclic) bond motifs is 1. The maximum atomic E-state index is 12.5. The summed E-state index contributed by atoms with van der Waals surface area (Å²) >= 11 is 1.85. The summed E-state index contributed by atoms with van der Waals surface area (Å²) in [7, 11) is 1.75. The average molecular weight is 285 g/mol. The highest BCUT2D eigenvalue weighted by atomic mass is 32.2. The van der Waals surface area contributed by atoms with E-state index in [1.165, 1.54) is 6.42 Å². The molecule has 2 saturated heterocycles. The van der Waals surface area contributed by atoms with Crippen LogP contribution in [0.5, 0.6) is 0 Å². The van der Waals surface area contributed by atoms with Crippen LogP contribution in [0.2, 0.25) is 0 Å². The lowest BCUT2D eigenvalue weighted by Crippen LogP contribution is -2.53. The number of amides is 2. The molecule has 0 aromatic heterocycles. The quantitative estimate of drug-likeness (QED) is 0.795. The van der Waals surface area contributed by atoms with Crippen molar-refractivity contribution >= 4 is 23.6 Å². The first-order valence-electron chi connectivity index (χ1n) is 7.03. The third kappa shape index (κ3) is 3.42. The Morgan fingerprint density at radius 1 is 1.42 bits per heavy atom. The molecule has 6 heteroatoms. The zero-order valence-corrected chi connectivity index (χ0v) is 12.5. The van der Waals surface area contributed by atoms with Gasteiger partial charge in [-0.1, -0.05) is 0 Å². The number of rotatable bonds is 3. The molecule has 2 fully saturated rings. The van der Waals surface area contributed by atoms with Crippen molar-refractivity contribution in [3.8, 4) is 0 Å². The van der Waals surface area contributed by atoms with Crippen molar-refractivity contribution in [2.24, 2.45) is 0 Å². The summed E-state index contributed by atoms with van der Waals surface area (Å²) in [5.41, 5.74) is 0. The first-order chi connectivity index (χ1) is 9.13. The minimum absolute atomic E-state index is 0.0960. The van der Waals surface area contributed by atoms with E-state index in [1.807, 2.05) is 16.7 Å². The molecule has 2 heterocycles. The van der Waals surface area contributed by atoms with Crippen molar-refractivity contribution in [1.82, 2.24) is 15.5 Å². The van der Waals surface area contributed by atoms with Gasteiger partial charge in [0.2, 0.25) is 11.8 Å². The smallest absolute Gasteiger partial charge is 0.246 e. The molecule has 0 bridgehead atoms. The molecule has 3 atom stereocenters. The second-order valence-electron chi connectivity index (χ2n) is 5.21. The van der Waals surface area contributed by atoms with E-state index in [4.69, 9.17) is 0 Å². The van der Waals surface area contributed by atoms with Gasteiger partial charge in [-0.25, -0.2) is 0 Å². The van der Waals surface area contributed by atoms with Gasteiger partial charge in [0, 0.05) is 6.54 Å². The number of hydrogen-bond donors (Lipinski definition) is 2. The molecule has 0 radical (unpaired) electrons. The number of nitrogens with one attached hydrogen (secondary N) is 2. The number of nitrogens with zero attached hydrogens (tertiary/aromatic N) is 1. The molecule has 108 valence electrons. The highest BCUT2D eigenvalue weighted by Crippen LogP contribution is 2.30. The van der Waals surface area contributed by atoms with E-state index < -0.39 is 0 Å². The van der Waals surface area contributed by atoms with E-state index in [1.54, 1.807) is 14.0 Å². The third-order valence-corrected chi connectivity index (χ3v) is 5.23. The summed E-state index contributed by atoms with van der Waals surface area (Å²) in [4.78, 5) is 26.4. The zero-order chi connectivity index (χ0) is 13.8. The van der Waals surface area contributed by atoms with Crippen LogP contribution in [0.1, 0.15) is 32.6 Å². The van der Waals surface area contributed by atoms with Crippen LogP contribution in [-0.4, -0.2) is 53.5 Å². The Kier molecular flexibility index (Phi) is 5.10. The van der Waals surface area contributed by atoms with Crippen molar-refractivity contribution < 1.29 is 9.59 Å². The predicted octanol–water partition coefficient (Wildman–Crippen LogP) is 0.555. The van der Waals surface area contributed by atoms with E-state index in [0.717, 1.165) is 31.6 Å². The lowest BCUT2D eigenvalue weighted by molar-refractivity contribution is -0.138. The summed E-state index contributed by atoms with van der Waals surface area (Å²) in [6.07, 6.45) is 4.11. The molecular formula is C13H23N3O2S. The molecule has 2 aliphatic rings. The van der Waals surface area contributed by atoms with Crippen molar-refractivity contribution in [1.29, 1.82) is 0 Å². The first kappa shape index (κ1) is 14.7. The summed E-state index contributed by atoms with van der Waals surface area (Å²) < 4.78 is 0. The molecule has 2 amide bonds. The van der Waals surface area contributed by atoms with E-state index in [-0.39, 0.29) is 23.9 Å². The number of likely N-dealkylation sites (N-methyl/N-ethyl adjacent to an activating group) is 1. The van der Waals surface area contributed by atoms with Gasteiger partial charge in [0.15, 0.2) is 0 Å². The van der Waals surface area contributed by atoms with Crippen molar-refractivity contribution in [2.75, 3.05) is 19.3 Å². The van der Waals surface area contributed by atoms with Crippen LogP contribution in [0.25, 0.3) is 0 Å². The van der Waals surface area contributed by atoms with Crippen molar-refractivity contribution in [3.63, 3.8) is 0 Å².